The molecule has 0 spiro atoms. The highest BCUT2D eigenvalue weighted by molar-refractivity contribution is 6.31. The lowest BCUT2D eigenvalue weighted by Gasteiger charge is -2.31. The summed E-state index contributed by atoms with van der Waals surface area (Å²) in [4.78, 5) is 25.6. The van der Waals surface area contributed by atoms with E-state index in [4.69, 9.17) is 11.6 Å². The average molecular weight is 402 g/mol. The lowest BCUT2D eigenvalue weighted by Crippen LogP contribution is -2.34. The number of carbonyl (C=O) groups excluding carboxylic acids is 1. The van der Waals surface area contributed by atoms with Crippen LogP contribution in [0.3, 0.4) is 0 Å². The number of likely N-dealkylation sites (tertiary alicyclic amines) is 1. The molecule has 0 saturated carbocycles. The van der Waals surface area contributed by atoms with Gasteiger partial charge in [-0.2, -0.15) is 0 Å². The lowest BCUT2D eigenvalue weighted by atomic mass is 9.99. The normalized spacial score (nSPS) is 17.3. The topological polar surface area (TPSA) is 75.5 Å². The zero-order chi connectivity index (χ0) is 20.1. The third-order valence-corrected chi connectivity index (χ3v) is 5.33. The van der Waals surface area contributed by atoms with Gasteiger partial charge in [0.25, 0.3) is 11.6 Å². The van der Waals surface area contributed by atoms with E-state index in [-0.39, 0.29) is 16.3 Å². The van der Waals surface area contributed by atoms with Gasteiger partial charge in [0, 0.05) is 30.7 Å². The van der Waals surface area contributed by atoms with Gasteiger partial charge in [-0.25, -0.2) is 0 Å². The van der Waals surface area contributed by atoms with Crippen LogP contribution in [-0.4, -0.2) is 28.8 Å². The fraction of sp³-hybridized carbons (Fsp3) is 0.381. The van der Waals surface area contributed by atoms with Crippen molar-refractivity contribution in [3.63, 3.8) is 0 Å². The molecule has 0 radical (unpaired) electrons. The fourth-order valence-electron chi connectivity index (χ4n) is 3.67. The first-order valence-electron chi connectivity index (χ1n) is 9.45. The summed E-state index contributed by atoms with van der Waals surface area (Å²) in [5.41, 5.74) is 1.91. The molecule has 1 aliphatic heterocycles. The summed E-state index contributed by atoms with van der Waals surface area (Å²) in [6.45, 7) is 5.60. The van der Waals surface area contributed by atoms with Crippen LogP contribution in [0.5, 0.6) is 0 Å². The van der Waals surface area contributed by atoms with Crippen LogP contribution in [0.15, 0.2) is 42.5 Å². The summed E-state index contributed by atoms with van der Waals surface area (Å²) < 4.78 is 0. The minimum Gasteiger partial charge on any atom is -0.348 e. The first kappa shape index (κ1) is 20.3. The first-order valence-corrected chi connectivity index (χ1v) is 9.83. The molecule has 1 amide bonds. The Morgan fingerprint density at radius 2 is 2.04 bits per heavy atom. The molecule has 3 rings (SSSR count). The molecule has 6 nitrogen and oxygen atoms in total. The first-order chi connectivity index (χ1) is 13.4. The molecule has 0 aliphatic carbocycles. The minimum absolute atomic E-state index is 0.0109. The fourth-order valence-corrected chi connectivity index (χ4v) is 3.84. The van der Waals surface area contributed by atoms with Crippen molar-refractivity contribution in [1.29, 1.82) is 0 Å². The number of nitrogens with zero attached hydrogens (tertiary/aromatic N) is 2. The predicted octanol–water partition coefficient (Wildman–Crippen LogP) is 4.41. The number of nitro groups is 1. The van der Waals surface area contributed by atoms with E-state index in [9.17, 15) is 14.9 Å². The Hall–Kier alpha value is -2.44. The molecule has 1 atom stereocenters. The van der Waals surface area contributed by atoms with E-state index in [0.29, 0.717) is 12.5 Å². The number of rotatable bonds is 6. The third kappa shape index (κ3) is 5.09. The molecule has 0 bridgehead atoms. The van der Waals surface area contributed by atoms with Gasteiger partial charge in [0.2, 0.25) is 0 Å². The van der Waals surface area contributed by atoms with Gasteiger partial charge in [-0.15, -0.1) is 0 Å². The molecule has 1 aliphatic rings. The Morgan fingerprint density at radius 3 is 2.75 bits per heavy atom. The Labute approximate surface area is 169 Å². The van der Waals surface area contributed by atoms with Crippen molar-refractivity contribution >= 4 is 23.2 Å². The van der Waals surface area contributed by atoms with E-state index in [1.807, 2.05) is 18.2 Å². The smallest absolute Gasteiger partial charge is 0.283 e. The van der Waals surface area contributed by atoms with E-state index in [0.717, 1.165) is 25.2 Å². The SMILES string of the molecule is CC1CCCN(Cc2ccccc2CNC(=O)c2ccc(Cl)cc2[N+](=O)[O-])C1. The molecule has 148 valence electrons. The van der Waals surface area contributed by atoms with Crippen molar-refractivity contribution in [3.05, 3.63) is 74.3 Å². The van der Waals surface area contributed by atoms with Gasteiger partial charge < -0.3 is 5.32 Å². The van der Waals surface area contributed by atoms with Crippen LogP contribution in [0.1, 0.15) is 41.3 Å². The maximum absolute atomic E-state index is 12.5. The number of hydrogen-bond acceptors (Lipinski definition) is 4. The van der Waals surface area contributed by atoms with Crippen molar-refractivity contribution in [2.45, 2.75) is 32.9 Å². The van der Waals surface area contributed by atoms with Crippen molar-refractivity contribution < 1.29 is 9.72 Å². The summed E-state index contributed by atoms with van der Waals surface area (Å²) >= 11 is 5.82. The quantitative estimate of drug-likeness (QED) is 0.574. The Morgan fingerprint density at radius 1 is 1.29 bits per heavy atom. The van der Waals surface area contributed by atoms with Crippen LogP contribution in [0, 0.1) is 16.0 Å². The van der Waals surface area contributed by atoms with Crippen LogP contribution in [-0.2, 0) is 13.1 Å². The van der Waals surface area contributed by atoms with Crippen molar-refractivity contribution in [3.8, 4) is 0 Å². The number of halogens is 1. The van der Waals surface area contributed by atoms with Crippen LogP contribution in [0.4, 0.5) is 5.69 Å². The molecule has 1 N–H and O–H groups in total. The second kappa shape index (κ2) is 9.17. The molecule has 1 saturated heterocycles. The minimum atomic E-state index is -0.591. The van der Waals surface area contributed by atoms with Gasteiger partial charge in [-0.05, 0) is 48.6 Å². The highest BCUT2D eigenvalue weighted by Crippen LogP contribution is 2.24. The number of nitrogens with one attached hydrogen (secondary N) is 1. The summed E-state index contributed by atoms with van der Waals surface area (Å²) in [6, 6.07) is 12.1. The van der Waals surface area contributed by atoms with E-state index >= 15 is 0 Å². The number of nitro benzene ring substituents is 1. The van der Waals surface area contributed by atoms with Gasteiger partial charge in [0.05, 0.1) is 4.92 Å². The maximum Gasteiger partial charge on any atom is 0.283 e. The van der Waals surface area contributed by atoms with Crippen molar-refractivity contribution in [2.24, 2.45) is 5.92 Å². The van der Waals surface area contributed by atoms with Gasteiger partial charge in [-0.1, -0.05) is 42.8 Å². The summed E-state index contributed by atoms with van der Waals surface area (Å²) in [7, 11) is 0. The molecule has 0 aromatic heterocycles. The molecule has 7 heteroatoms. The predicted molar refractivity (Wildman–Crippen MR) is 109 cm³/mol. The second-order valence-corrected chi connectivity index (χ2v) is 7.79. The number of benzene rings is 2. The summed E-state index contributed by atoms with van der Waals surface area (Å²) in [5.74, 6) is 0.218. The molecular formula is C21H24ClN3O3. The molecule has 1 unspecified atom stereocenters. The van der Waals surface area contributed by atoms with E-state index in [1.54, 1.807) is 0 Å². The number of hydrogen-bond donors (Lipinski definition) is 1. The second-order valence-electron chi connectivity index (χ2n) is 7.35. The number of carbonyl (C=O) groups is 1. The van der Waals surface area contributed by atoms with Crippen molar-refractivity contribution in [2.75, 3.05) is 13.1 Å². The highest BCUT2D eigenvalue weighted by atomic mass is 35.5. The largest absolute Gasteiger partial charge is 0.348 e. The Balaban J connectivity index is 1.70. The Kier molecular flexibility index (Phi) is 6.65. The van der Waals surface area contributed by atoms with E-state index in [2.05, 4.69) is 23.2 Å². The van der Waals surface area contributed by atoms with Gasteiger partial charge in [0.15, 0.2) is 0 Å². The van der Waals surface area contributed by atoms with Crippen LogP contribution in [0.25, 0.3) is 0 Å². The number of piperidine rings is 1. The van der Waals surface area contributed by atoms with E-state index in [1.165, 1.54) is 36.6 Å². The Bertz CT molecular complexity index is 872. The van der Waals surface area contributed by atoms with Gasteiger partial charge in [-0.3, -0.25) is 19.8 Å². The summed E-state index contributed by atoms with van der Waals surface area (Å²) in [6.07, 6.45) is 2.48. The van der Waals surface area contributed by atoms with Crippen LogP contribution >= 0.6 is 11.6 Å². The molecule has 1 heterocycles. The van der Waals surface area contributed by atoms with Gasteiger partial charge >= 0.3 is 0 Å². The zero-order valence-electron chi connectivity index (χ0n) is 15.9. The van der Waals surface area contributed by atoms with Gasteiger partial charge in [0.1, 0.15) is 5.56 Å². The van der Waals surface area contributed by atoms with E-state index < -0.39 is 10.8 Å². The molecule has 2 aromatic rings. The monoisotopic (exact) mass is 401 g/mol. The highest BCUT2D eigenvalue weighted by Gasteiger charge is 2.21. The van der Waals surface area contributed by atoms with Crippen molar-refractivity contribution in [1.82, 2.24) is 10.2 Å². The average Bonchev–Trinajstić information content (AvgIpc) is 2.67. The standard InChI is InChI=1S/C21H24ClN3O3/c1-15-5-4-10-24(13-15)14-17-7-3-2-6-16(17)12-23-21(26)19-9-8-18(22)11-20(19)25(27)28/h2-3,6-9,11,15H,4-5,10,12-14H2,1H3,(H,23,26). The number of amides is 1. The molecular weight excluding hydrogens is 378 g/mol. The molecule has 2 aromatic carbocycles. The molecule has 28 heavy (non-hydrogen) atoms. The lowest BCUT2D eigenvalue weighted by molar-refractivity contribution is -0.385. The third-order valence-electron chi connectivity index (χ3n) is 5.09. The maximum atomic E-state index is 12.5. The van der Waals surface area contributed by atoms with Crippen LogP contribution in [0.2, 0.25) is 5.02 Å². The summed E-state index contributed by atoms with van der Waals surface area (Å²) in [5, 5.41) is 14.3. The van der Waals surface area contributed by atoms with Crippen LogP contribution < -0.4 is 5.32 Å². The molecule has 1 fully saturated rings. The zero-order valence-corrected chi connectivity index (χ0v) is 16.6.